The van der Waals surface area contributed by atoms with Crippen LogP contribution >= 0.6 is 15.9 Å². The highest BCUT2D eigenvalue weighted by Crippen LogP contribution is 2.29. The third-order valence-electron chi connectivity index (χ3n) is 2.62. The molecule has 0 radical (unpaired) electrons. The zero-order valence-electron chi connectivity index (χ0n) is 11.7. The molecule has 0 unspecified atom stereocenters. The lowest BCUT2D eigenvalue weighted by Gasteiger charge is -2.15. The number of hydrogen-bond donors (Lipinski definition) is 0. The first-order chi connectivity index (χ1) is 9.69. The molecule has 0 spiro atoms. The number of rotatable bonds is 6. The molecular weight excluding hydrogens is 318 g/mol. The van der Waals surface area contributed by atoms with Gasteiger partial charge in [-0.05, 0) is 19.4 Å². The summed E-state index contributed by atoms with van der Waals surface area (Å²) in [5, 5.41) is 0.695. The first-order valence-corrected chi connectivity index (χ1v) is 7.69. The van der Waals surface area contributed by atoms with Crippen LogP contribution in [-0.4, -0.2) is 11.1 Å². The van der Waals surface area contributed by atoms with Gasteiger partial charge in [0.25, 0.3) is 0 Å². The van der Waals surface area contributed by atoms with Crippen molar-refractivity contribution in [1.29, 1.82) is 0 Å². The Morgan fingerprint density at radius 1 is 1.15 bits per heavy atom. The summed E-state index contributed by atoms with van der Waals surface area (Å²) < 4.78 is 11.6. The Hall–Kier alpha value is -1.55. The number of ether oxygens (including phenoxy) is 2. The van der Waals surface area contributed by atoms with Gasteiger partial charge in [0.2, 0.25) is 0 Å². The van der Waals surface area contributed by atoms with Crippen molar-refractivity contribution in [2.45, 2.75) is 31.9 Å². The first kappa shape index (κ1) is 14.9. The van der Waals surface area contributed by atoms with Gasteiger partial charge in [-0.15, -0.1) is 0 Å². The Bertz CT molecular complexity index is 543. The fourth-order valence-corrected chi connectivity index (χ4v) is 2.03. The van der Waals surface area contributed by atoms with Crippen molar-refractivity contribution in [3.8, 4) is 11.5 Å². The molecule has 0 aliphatic rings. The molecule has 0 atom stereocenters. The Morgan fingerprint density at radius 3 is 2.55 bits per heavy atom. The van der Waals surface area contributed by atoms with E-state index in [1.54, 1.807) is 6.20 Å². The minimum absolute atomic E-state index is 0.0969. The highest BCUT2D eigenvalue weighted by molar-refractivity contribution is 9.08. The molecule has 0 bridgehead atoms. The summed E-state index contributed by atoms with van der Waals surface area (Å²) >= 11 is 3.40. The predicted octanol–water partition coefficient (Wildman–Crippen LogP) is 4.34. The smallest absolute Gasteiger partial charge is 0.179 e. The number of alkyl halides is 1. The van der Waals surface area contributed by atoms with Crippen LogP contribution in [0.25, 0.3) is 0 Å². The van der Waals surface area contributed by atoms with E-state index in [1.165, 1.54) is 0 Å². The Balaban J connectivity index is 2.13. The Morgan fingerprint density at radius 2 is 1.90 bits per heavy atom. The maximum atomic E-state index is 5.82. The quantitative estimate of drug-likeness (QED) is 0.735. The summed E-state index contributed by atoms with van der Waals surface area (Å²) in [7, 11) is 0. The molecule has 106 valence electrons. The van der Waals surface area contributed by atoms with Gasteiger partial charge in [-0.25, -0.2) is 0 Å². The van der Waals surface area contributed by atoms with Crippen LogP contribution in [0.3, 0.4) is 0 Å². The second kappa shape index (κ2) is 7.29. The minimum Gasteiger partial charge on any atom is -0.487 e. The zero-order valence-corrected chi connectivity index (χ0v) is 13.3. The Labute approximate surface area is 128 Å². The van der Waals surface area contributed by atoms with Gasteiger partial charge in [0.1, 0.15) is 6.61 Å². The number of benzene rings is 1. The largest absolute Gasteiger partial charge is 0.487 e. The fraction of sp³-hybridized carbons (Fsp3) is 0.312. The van der Waals surface area contributed by atoms with Gasteiger partial charge >= 0.3 is 0 Å². The average Bonchev–Trinajstić information content (AvgIpc) is 2.46. The van der Waals surface area contributed by atoms with Gasteiger partial charge in [0, 0.05) is 11.4 Å². The number of halogens is 1. The normalized spacial score (nSPS) is 10.6. The lowest BCUT2D eigenvalue weighted by Crippen LogP contribution is -2.08. The second-order valence-electron chi connectivity index (χ2n) is 4.70. The molecule has 0 aliphatic carbocycles. The van der Waals surface area contributed by atoms with Crippen molar-refractivity contribution >= 4 is 15.9 Å². The number of hydrogen-bond acceptors (Lipinski definition) is 3. The summed E-state index contributed by atoms with van der Waals surface area (Å²) in [5.41, 5.74) is 2.04. The molecule has 20 heavy (non-hydrogen) atoms. The summed E-state index contributed by atoms with van der Waals surface area (Å²) in [5.74, 6) is 1.41. The average molecular weight is 336 g/mol. The van der Waals surface area contributed by atoms with Crippen molar-refractivity contribution < 1.29 is 9.47 Å². The number of aromatic nitrogens is 1. The van der Waals surface area contributed by atoms with Gasteiger partial charge < -0.3 is 9.47 Å². The van der Waals surface area contributed by atoms with Crippen molar-refractivity contribution in [3.05, 3.63) is 53.9 Å². The van der Waals surface area contributed by atoms with E-state index in [0.717, 1.165) is 17.0 Å². The van der Waals surface area contributed by atoms with Gasteiger partial charge in [-0.2, -0.15) is 0 Å². The second-order valence-corrected chi connectivity index (χ2v) is 5.26. The molecule has 0 saturated heterocycles. The molecule has 2 aromatic rings. The predicted molar refractivity (Wildman–Crippen MR) is 83.4 cm³/mol. The van der Waals surface area contributed by atoms with Crippen LogP contribution in [0.4, 0.5) is 0 Å². The van der Waals surface area contributed by atoms with Crippen LogP contribution in [0.1, 0.15) is 25.1 Å². The van der Waals surface area contributed by atoms with Crippen LogP contribution in [0.5, 0.6) is 11.5 Å². The van der Waals surface area contributed by atoms with E-state index in [1.807, 2.05) is 50.2 Å². The number of pyridine rings is 1. The molecule has 4 heteroatoms. The molecule has 0 saturated carbocycles. The minimum atomic E-state index is 0.0969. The SMILES string of the molecule is CC(C)Oc1cc(CBr)ncc1OCc1ccccc1. The van der Waals surface area contributed by atoms with Crippen LogP contribution in [0.2, 0.25) is 0 Å². The number of nitrogens with zero attached hydrogens (tertiary/aromatic N) is 1. The topological polar surface area (TPSA) is 31.4 Å². The molecule has 0 amide bonds. The van der Waals surface area contributed by atoms with E-state index in [-0.39, 0.29) is 6.10 Å². The van der Waals surface area contributed by atoms with Crippen molar-refractivity contribution in [2.24, 2.45) is 0 Å². The van der Waals surface area contributed by atoms with E-state index in [4.69, 9.17) is 9.47 Å². The molecule has 1 aromatic heterocycles. The van der Waals surface area contributed by atoms with Crippen LogP contribution in [-0.2, 0) is 11.9 Å². The standard InChI is InChI=1S/C16H18BrNO2/c1-12(2)20-15-8-14(9-17)18-10-16(15)19-11-13-6-4-3-5-7-13/h3-8,10,12H,9,11H2,1-2H3. The molecule has 2 rings (SSSR count). The fourth-order valence-electron chi connectivity index (χ4n) is 1.73. The summed E-state index contributed by atoms with van der Waals surface area (Å²) in [6, 6.07) is 12.0. The van der Waals surface area contributed by atoms with Crippen LogP contribution < -0.4 is 9.47 Å². The monoisotopic (exact) mass is 335 g/mol. The highest BCUT2D eigenvalue weighted by atomic mass is 79.9. The van der Waals surface area contributed by atoms with Crippen molar-refractivity contribution in [3.63, 3.8) is 0 Å². The maximum absolute atomic E-state index is 5.82. The van der Waals surface area contributed by atoms with Crippen molar-refractivity contribution in [2.75, 3.05) is 0 Å². The van der Waals surface area contributed by atoms with Gasteiger partial charge in [-0.3, -0.25) is 4.98 Å². The lowest BCUT2D eigenvalue weighted by atomic mass is 10.2. The van der Waals surface area contributed by atoms with Gasteiger partial charge in [0.15, 0.2) is 11.5 Å². The summed E-state index contributed by atoms with van der Waals surface area (Å²) in [4.78, 5) is 4.33. The molecule has 1 heterocycles. The maximum Gasteiger partial charge on any atom is 0.179 e. The van der Waals surface area contributed by atoms with Crippen LogP contribution in [0.15, 0.2) is 42.6 Å². The van der Waals surface area contributed by atoms with E-state index in [0.29, 0.717) is 17.7 Å². The first-order valence-electron chi connectivity index (χ1n) is 6.57. The van der Waals surface area contributed by atoms with Gasteiger partial charge in [-0.1, -0.05) is 46.3 Å². The lowest BCUT2D eigenvalue weighted by molar-refractivity contribution is 0.217. The third-order valence-corrected chi connectivity index (χ3v) is 3.20. The zero-order chi connectivity index (χ0) is 14.4. The van der Waals surface area contributed by atoms with Gasteiger partial charge in [0.05, 0.1) is 18.0 Å². The molecule has 0 aliphatic heterocycles. The molecule has 0 N–H and O–H groups in total. The van der Waals surface area contributed by atoms with E-state index in [2.05, 4.69) is 20.9 Å². The highest BCUT2D eigenvalue weighted by Gasteiger charge is 2.09. The summed E-state index contributed by atoms with van der Waals surface area (Å²) in [6.45, 7) is 4.50. The van der Waals surface area contributed by atoms with E-state index < -0.39 is 0 Å². The van der Waals surface area contributed by atoms with E-state index >= 15 is 0 Å². The molecule has 0 fully saturated rings. The molecule has 1 aromatic carbocycles. The van der Waals surface area contributed by atoms with Crippen molar-refractivity contribution in [1.82, 2.24) is 4.98 Å². The van der Waals surface area contributed by atoms with E-state index in [9.17, 15) is 0 Å². The summed E-state index contributed by atoms with van der Waals surface area (Å²) in [6.07, 6.45) is 1.82. The molecular formula is C16H18BrNO2. The Kier molecular flexibility index (Phi) is 5.41. The third kappa shape index (κ3) is 4.23. The molecule has 3 nitrogen and oxygen atoms in total. The van der Waals surface area contributed by atoms with Crippen LogP contribution in [0, 0.1) is 0 Å².